The lowest BCUT2D eigenvalue weighted by Crippen LogP contribution is -2.58. The number of hydrogen-bond donors (Lipinski definition) is 1. The maximum absolute atomic E-state index is 12.7. The molecule has 4 rings (SSSR count). The first-order chi connectivity index (χ1) is 12.5. The first kappa shape index (κ1) is 17.1. The Labute approximate surface area is 155 Å². The van der Waals surface area contributed by atoms with Gasteiger partial charge in [0.2, 0.25) is 0 Å². The van der Waals surface area contributed by atoms with Crippen molar-refractivity contribution >= 4 is 11.7 Å². The van der Waals surface area contributed by atoms with Crippen LogP contribution in [0.3, 0.4) is 0 Å². The molecule has 5 heteroatoms. The van der Waals surface area contributed by atoms with Crippen LogP contribution < -0.4 is 5.32 Å². The Morgan fingerprint density at radius 1 is 1.27 bits per heavy atom. The van der Waals surface area contributed by atoms with Crippen molar-refractivity contribution in [2.75, 3.05) is 5.32 Å². The minimum atomic E-state index is 0.00936. The fourth-order valence-electron chi connectivity index (χ4n) is 4.25. The molecular formula is C21H28N4O. The summed E-state index contributed by atoms with van der Waals surface area (Å²) in [6.07, 6.45) is 5.31. The quantitative estimate of drug-likeness (QED) is 0.873. The largest absolute Gasteiger partial charge is 0.322 e. The lowest BCUT2D eigenvalue weighted by atomic mass is 9.93. The molecule has 1 N–H and O–H groups in total. The zero-order valence-electron chi connectivity index (χ0n) is 16.1. The van der Waals surface area contributed by atoms with E-state index in [0.717, 1.165) is 35.7 Å². The number of amides is 2. The van der Waals surface area contributed by atoms with Crippen LogP contribution in [0.1, 0.15) is 51.5 Å². The summed E-state index contributed by atoms with van der Waals surface area (Å²) in [5, 5.41) is 7.70. The Kier molecular flexibility index (Phi) is 4.25. The molecule has 0 spiro atoms. The van der Waals surface area contributed by atoms with Crippen LogP contribution in [0.15, 0.2) is 30.5 Å². The topological polar surface area (TPSA) is 50.2 Å². The molecule has 2 aromatic rings. The molecule has 0 radical (unpaired) electrons. The zero-order chi connectivity index (χ0) is 18.4. The molecule has 4 unspecified atom stereocenters. The van der Waals surface area contributed by atoms with E-state index >= 15 is 0 Å². The van der Waals surface area contributed by atoms with Crippen LogP contribution in [-0.4, -0.2) is 32.8 Å². The number of likely N-dealkylation sites (tertiary alicyclic amines) is 1. The van der Waals surface area contributed by atoms with Crippen LogP contribution >= 0.6 is 0 Å². The van der Waals surface area contributed by atoms with Gasteiger partial charge in [-0.1, -0.05) is 19.9 Å². The number of urea groups is 1. The number of benzene rings is 1. The highest BCUT2D eigenvalue weighted by molar-refractivity contribution is 5.91. The number of hydrogen-bond acceptors (Lipinski definition) is 2. The molecule has 2 amide bonds. The number of aryl methyl sites for hydroxylation is 1. The van der Waals surface area contributed by atoms with Crippen molar-refractivity contribution in [2.24, 2.45) is 13.0 Å². The van der Waals surface area contributed by atoms with Crippen LogP contribution in [-0.2, 0) is 7.05 Å². The van der Waals surface area contributed by atoms with Gasteiger partial charge in [-0.15, -0.1) is 0 Å². The van der Waals surface area contributed by atoms with E-state index in [4.69, 9.17) is 0 Å². The molecule has 2 aliphatic rings. The molecule has 2 fully saturated rings. The summed E-state index contributed by atoms with van der Waals surface area (Å²) in [5.74, 6) is 1.33. The van der Waals surface area contributed by atoms with E-state index in [9.17, 15) is 4.79 Å². The second kappa shape index (κ2) is 6.45. The molecule has 26 heavy (non-hydrogen) atoms. The van der Waals surface area contributed by atoms with Crippen molar-refractivity contribution in [3.8, 4) is 11.3 Å². The Morgan fingerprint density at radius 3 is 2.62 bits per heavy atom. The van der Waals surface area contributed by atoms with Crippen LogP contribution in [0.5, 0.6) is 0 Å². The maximum Gasteiger partial charge on any atom is 0.322 e. The number of carbonyl (C=O) groups is 1. The average Bonchev–Trinajstić information content (AvgIpc) is 3.15. The van der Waals surface area contributed by atoms with Crippen molar-refractivity contribution < 1.29 is 4.79 Å². The van der Waals surface area contributed by atoms with Crippen molar-refractivity contribution in [1.29, 1.82) is 0 Å². The van der Waals surface area contributed by atoms with E-state index in [1.165, 1.54) is 12.0 Å². The Hall–Kier alpha value is -2.30. The summed E-state index contributed by atoms with van der Waals surface area (Å²) in [7, 11) is 1.94. The fourth-order valence-corrected chi connectivity index (χ4v) is 4.25. The first-order valence-electron chi connectivity index (χ1n) is 9.71. The highest BCUT2D eigenvalue weighted by atomic mass is 16.2. The number of anilines is 1. The van der Waals surface area contributed by atoms with E-state index in [2.05, 4.69) is 43.3 Å². The van der Waals surface area contributed by atoms with Gasteiger partial charge in [0.1, 0.15) is 0 Å². The summed E-state index contributed by atoms with van der Waals surface area (Å²) >= 11 is 0. The molecule has 1 aromatic heterocycles. The van der Waals surface area contributed by atoms with Crippen molar-refractivity contribution in [2.45, 2.75) is 58.0 Å². The van der Waals surface area contributed by atoms with E-state index in [-0.39, 0.29) is 6.03 Å². The highest BCUT2D eigenvalue weighted by Crippen LogP contribution is 2.50. The SMILES string of the molecule is CCC1CC(C)N1C(=O)Nc1ccc(C2CC2C)c(-c2ccn(C)n2)c1. The predicted molar refractivity (Wildman–Crippen MR) is 104 cm³/mol. The summed E-state index contributed by atoms with van der Waals surface area (Å²) < 4.78 is 1.83. The molecular weight excluding hydrogens is 324 g/mol. The molecule has 5 nitrogen and oxygen atoms in total. The molecule has 1 saturated heterocycles. The van der Waals surface area contributed by atoms with Crippen LogP contribution in [0.4, 0.5) is 10.5 Å². The summed E-state index contributed by atoms with van der Waals surface area (Å²) in [4.78, 5) is 14.7. The average molecular weight is 352 g/mol. The third-order valence-corrected chi connectivity index (χ3v) is 5.99. The zero-order valence-corrected chi connectivity index (χ0v) is 16.1. The molecule has 1 aliphatic carbocycles. The van der Waals surface area contributed by atoms with Gasteiger partial charge in [0.25, 0.3) is 0 Å². The number of aromatic nitrogens is 2. The Balaban J connectivity index is 1.60. The second-order valence-corrected chi connectivity index (χ2v) is 7.98. The summed E-state index contributed by atoms with van der Waals surface area (Å²) in [5.41, 5.74) is 4.31. The number of nitrogens with zero attached hydrogens (tertiary/aromatic N) is 3. The van der Waals surface area contributed by atoms with Crippen molar-refractivity contribution in [3.63, 3.8) is 0 Å². The number of nitrogens with one attached hydrogen (secondary N) is 1. The van der Waals surface area contributed by atoms with Gasteiger partial charge in [-0.3, -0.25) is 4.68 Å². The Morgan fingerprint density at radius 2 is 2.04 bits per heavy atom. The first-order valence-corrected chi connectivity index (χ1v) is 9.71. The van der Waals surface area contributed by atoms with Gasteiger partial charge in [-0.05, 0) is 61.8 Å². The van der Waals surface area contributed by atoms with Crippen molar-refractivity contribution in [1.82, 2.24) is 14.7 Å². The number of rotatable bonds is 4. The lowest BCUT2D eigenvalue weighted by Gasteiger charge is -2.46. The van der Waals surface area contributed by atoms with Crippen LogP contribution in [0, 0.1) is 5.92 Å². The predicted octanol–water partition coefficient (Wildman–Crippen LogP) is 4.62. The van der Waals surface area contributed by atoms with Crippen LogP contribution in [0.2, 0.25) is 0 Å². The van der Waals surface area contributed by atoms with E-state index in [0.29, 0.717) is 18.0 Å². The monoisotopic (exact) mass is 352 g/mol. The molecule has 4 atom stereocenters. The third-order valence-electron chi connectivity index (χ3n) is 5.99. The molecule has 1 aromatic carbocycles. The van der Waals surface area contributed by atoms with Gasteiger partial charge >= 0.3 is 6.03 Å². The number of carbonyl (C=O) groups excluding carboxylic acids is 1. The highest BCUT2D eigenvalue weighted by Gasteiger charge is 2.38. The smallest absolute Gasteiger partial charge is 0.319 e. The van der Waals surface area contributed by atoms with Crippen LogP contribution in [0.25, 0.3) is 11.3 Å². The van der Waals surface area contributed by atoms with Gasteiger partial charge < -0.3 is 10.2 Å². The van der Waals surface area contributed by atoms with Gasteiger partial charge in [-0.2, -0.15) is 5.10 Å². The summed E-state index contributed by atoms with van der Waals surface area (Å²) in [6.45, 7) is 6.54. The molecule has 2 heterocycles. The Bertz CT molecular complexity index is 827. The standard InChI is InChI=1S/C21H28N4O/c1-5-16-11-14(3)25(16)21(26)22-15-6-7-17(18-10-13(18)2)19(12-15)20-8-9-24(4)23-20/h6-9,12-14,16,18H,5,10-11H2,1-4H3,(H,22,26). The van der Waals surface area contributed by atoms with E-state index in [1.807, 2.05) is 35.0 Å². The minimum absolute atomic E-state index is 0.00936. The molecule has 0 bridgehead atoms. The second-order valence-electron chi connectivity index (χ2n) is 7.98. The molecule has 1 aliphatic heterocycles. The lowest BCUT2D eigenvalue weighted by molar-refractivity contribution is 0.0688. The third kappa shape index (κ3) is 3.00. The van der Waals surface area contributed by atoms with Gasteiger partial charge in [0, 0.05) is 36.6 Å². The van der Waals surface area contributed by atoms with E-state index < -0.39 is 0 Å². The molecule has 1 saturated carbocycles. The van der Waals surface area contributed by atoms with Gasteiger partial charge in [0.15, 0.2) is 0 Å². The van der Waals surface area contributed by atoms with Gasteiger partial charge in [-0.25, -0.2) is 4.79 Å². The normalized spacial score (nSPS) is 27.2. The molecule has 138 valence electrons. The van der Waals surface area contributed by atoms with Crippen molar-refractivity contribution in [3.05, 3.63) is 36.0 Å². The van der Waals surface area contributed by atoms with Gasteiger partial charge in [0.05, 0.1) is 5.69 Å². The minimum Gasteiger partial charge on any atom is -0.319 e. The summed E-state index contributed by atoms with van der Waals surface area (Å²) in [6, 6.07) is 9.04. The maximum atomic E-state index is 12.7. The van der Waals surface area contributed by atoms with E-state index in [1.54, 1.807) is 0 Å². The fraction of sp³-hybridized carbons (Fsp3) is 0.524.